The van der Waals surface area contributed by atoms with Crippen molar-refractivity contribution in [3.05, 3.63) is 30.7 Å². The molecular formula is C7H9. The minimum atomic E-state index is 1.13. The zero-order valence-electron chi connectivity index (χ0n) is 4.35. The maximum Gasteiger partial charge on any atom is -0.0133 e. The second-order valence-electron chi connectivity index (χ2n) is 1.74. The molecule has 1 radical (unpaired) electrons. The fourth-order valence-corrected chi connectivity index (χ4v) is 0.474. The van der Waals surface area contributed by atoms with Gasteiger partial charge in [-0.25, -0.2) is 0 Å². The Balaban J connectivity index is 2.10. The lowest BCUT2D eigenvalue weighted by atomic mass is 10.3. The number of hydrogen-bond acceptors (Lipinski definition) is 0. The van der Waals surface area contributed by atoms with Crippen LogP contribution >= 0.6 is 0 Å². The predicted octanol–water partition coefficient (Wildman–Crippen LogP) is 2.10. The second-order valence-corrected chi connectivity index (χ2v) is 1.74. The highest BCUT2D eigenvalue weighted by Crippen LogP contribution is 2.21. The van der Waals surface area contributed by atoms with Crippen molar-refractivity contribution in [3.63, 3.8) is 0 Å². The molecule has 0 unspecified atom stereocenters. The van der Waals surface area contributed by atoms with Crippen molar-refractivity contribution in [2.45, 2.75) is 12.8 Å². The van der Waals surface area contributed by atoms with Crippen LogP contribution in [0.4, 0.5) is 0 Å². The van der Waals surface area contributed by atoms with Crippen LogP contribution in [0.2, 0.25) is 0 Å². The van der Waals surface area contributed by atoms with E-state index in [4.69, 9.17) is 0 Å². The molecule has 0 fully saturated rings. The van der Waals surface area contributed by atoms with E-state index in [1.165, 1.54) is 6.42 Å². The largest absolute Gasteiger partial charge is 0.0879 e. The van der Waals surface area contributed by atoms with Gasteiger partial charge in [-0.3, -0.25) is 0 Å². The fourth-order valence-electron chi connectivity index (χ4n) is 0.474. The molecule has 0 N–H and O–H groups in total. The molecule has 7 heavy (non-hydrogen) atoms. The Morgan fingerprint density at radius 1 is 1.86 bits per heavy atom. The lowest BCUT2D eigenvalue weighted by molar-refractivity contribution is 1.28. The van der Waals surface area contributed by atoms with Crippen LogP contribution in [0, 0.1) is 6.92 Å². The zero-order chi connectivity index (χ0) is 5.11. The van der Waals surface area contributed by atoms with Crippen molar-refractivity contribution >= 4 is 0 Å². The van der Waals surface area contributed by atoms with E-state index in [1.807, 2.05) is 6.08 Å². The van der Waals surface area contributed by atoms with Gasteiger partial charge in [0.1, 0.15) is 0 Å². The van der Waals surface area contributed by atoms with Crippen LogP contribution in [0.15, 0.2) is 23.8 Å². The third-order valence-corrected chi connectivity index (χ3v) is 1.04. The SMILES string of the molecule is [CH2]C=CCC1=CC1. The molecule has 37 valence electrons. The van der Waals surface area contributed by atoms with E-state index in [-0.39, 0.29) is 0 Å². The van der Waals surface area contributed by atoms with Crippen LogP contribution in [-0.2, 0) is 0 Å². The monoisotopic (exact) mass is 93.1 g/mol. The maximum atomic E-state index is 3.58. The van der Waals surface area contributed by atoms with E-state index in [0.29, 0.717) is 0 Å². The molecule has 0 amide bonds. The number of allylic oxidation sites excluding steroid dienone is 4. The molecule has 0 aromatic rings. The topological polar surface area (TPSA) is 0 Å². The Morgan fingerprint density at radius 3 is 3.00 bits per heavy atom. The summed E-state index contributed by atoms with van der Waals surface area (Å²) in [6.07, 6.45) is 8.53. The molecule has 0 heterocycles. The molecule has 0 aromatic carbocycles. The molecule has 0 saturated carbocycles. The van der Waals surface area contributed by atoms with Gasteiger partial charge in [-0.05, 0) is 19.8 Å². The van der Waals surface area contributed by atoms with Crippen molar-refractivity contribution in [2.75, 3.05) is 0 Å². The van der Waals surface area contributed by atoms with Crippen LogP contribution in [0.25, 0.3) is 0 Å². The molecule has 1 aliphatic rings. The highest BCUT2D eigenvalue weighted by Gasteiger charge is 2.01. The van der Waals surface area contributed by atoms with Crippen molar-refractivity contribution in [3.8, 4) is 0 Å². The van der Waals surface area contributed by atoms with Gasteiger partial charge in [-0.2, -0.15) is 0 Å². The summed E-state index contributed by atoms with van der Waals surface area (Å²) in [4.78, 5) is 0. The minimum Gasteiger partial charge on any atom is -0.0879 e. The van der Waals surface area contributed by atoms with E-state index in [1.54, 1.807) is 5.57 Å². The van der Waals surface area contributed by atoms with Crippen LogP contribution in [0.1, 0.15) is 12.8 Å². The lowest BCUT2D eigenvalue weighted by Gasteiger charge is -1.75. The summed E-state index contributed by atoms with van der Waals surface area (Å²) >= 11 is 0. The average molecular weight is 93.1 g/mol. The Bertz CT molecular complexity index is 107. The smallest absolute Gasteiger partial charge is 0.0133 e. The van der Waals surface area contributed by atoms with Crippen LogP contribution in [-0.4, -0.2) is 0 Å². The molecule has 0 aliphatic heterocycles. The Labute approximate surface area is 44.5 Å². The first-order valence-corrected chi connectivity index (χ1v) is 2.55. The summed E-state index contributed by atoms with van der Waals surface area (Å²) in [5.41, 5.74) is 1.56. The third kappa shape index (κ3) is 1.58. The number of rotatable bonds is 2. The molecule has 0 bridgehead atoms. The van der Waals surface area contributed by atoms with Gasteiger partial charge >= 0.3 is 0 Å². The Kier molecular flexibility index (Phi) is 1.30. The van der Waals surface area contributed by atoms with Crippen LogP contribution < -0.4 is 0 Å². The van der Waals surface area contributed by atoms with Gasteiger partial charge < -0.3 is 0 Å². The molecule has 0 heteroatoms. The van der Waals surface area contributed by atoms with E-state index >= 15 is 0 Å². The normalized spacial score (nSPS) is 17.6. The molecular weight excluding hydrogens is 84.1 g/mol. The van der Waals surface area contributed by atoms with Crippen LogP contribution in [0.5, 0.6) is 0 Å². The van der Waals surface area contributed by atoms with Gasteiger partial charge in [-0.1, -0.05) is 23.8 Å². The van der Waals surface area contributed by atoms with Gasteiger partial charge in [-0.15, -0.1) is 0 Å². The Hall–Kier alpha value is -0.520. The summed E-state index contributed by atoms with van der Waals surface area (Å²) < 4.78 is 0. The highest BCUT2D eigenvalue weighted by molar-refractivity contribution is 5.24. The molecule has 1 aliphatic carbocycles. The first-order chi connectivity index (χ1) is 3.43. The lowest BCUT2D eigenvalue weighted by Crippen LogP contribution is -1.55. The van der Waals surface area contributed by atoms with Crippen molar-refractivity contribution in [1.82, 2.24) is 0 Å². The zero-order valence-corrected chi connectivity index (χ0v) is 4.35. The summed E-state index contributed by atoms with van der Waals surface area (Å²) in [5.74, 6) is 0. The van der Waals surface area contributed by atoms with E-state index < -0.39 is 0 Å². The molecule has 0 aromatic heterocycles. The van der Waals surface area contributed by atoms with Gasteiger partial charge in [0.05, 0.1) is 0 Å². The van der Waals surface area contributed by atoms with Crippen molar-refractivity contribution < 1.29 is 0 Å². The standard InChI is InChI=1S/C7H9/c1-2-3-4-7-5-6-7/h2-3,5H,1,4,6H2. The first kappa shape index (κ1) is 4.63. The predicted molar refractivity (Wildman–Crippen MR) is 31.8 cm³/mol. The van der Waals surface area contributed by atoms with Gasteiger partial charge in [0, 0.05) is 0 Å². The molecule has 0 spiro atoms. The number of hydrogen-bond donors (Lipinski definition) is 0. The Morgan fingerprint density at radius 2 is 2.57 bits per heavy atom. The van der Waals surface area contributed by atoms with E-state index in [9.17, 15) is 0 Å². The summed E-state index contributed by atoms with van der Waals surface area (Å²) in [6, 6.07) is 0. The van der Waals surface area contributed by atoms with Crippen molar-refractivity contribution in [1.29, 1.82) is 0 Å². The quantitative estimate of drug-likeness (QED) is 0.458. The molecule has 1 rings (SSSR count). The molecule has 0 saturated heterocycles. The van der Waals surface area contributed by atoms with E-state index in [2.05, 4.69) is 19.1 Å². The fraction of sp³-hybridized carbons (Fsp3) is 0.286. The summed E-state index contributed by atoms with van der Waals surface area (Å²) in [5, 5.41) is 0. The second kappa shape index (κ2) is 1.97. The molecule has 0 atom stereocenters. The van der Waals surface area contributed by atoms with E-state index in [0.717, 1.165) is 6.42 Å². The first-order valence-electron chi connectivity index (χ1n) is 2.55. The highest BCUT2D eigenvalue weighted by atomic mass is 14.1. The minimum absolute atomic E-state index is 1.13. The summed E-state index contributed by atoms with van der Waals surface area (Å²) in [6.45, 7) is 3.58. The van der Waals surface area contributed by atoms with Gasteiger partial charge in [0.15, 0.2) is 0 Å². The van der Waals surface area contributed by atoms with Gasteiger partial charge in [0.25, 0.3) is 0 Å². The summed E-state index contributed by atoms with van der Waals surface area (Å²) in [7, 11) is 0. The maximum absolute atomic E-state index is 3.58. The van der Waals surface area contributed by atoms with Gasteiger partial charge in [0.2, 0.25) is 0 Å². The third-order valence-electron chi connectivity index (χ3n) is 1.04. The van der Waals surface area contributed by atoms with Crippen molar-refractivity contribution in [2.24, 2.45) is 0 Å². The molecule has 0 nitrogen and oxygen atoms in total. The average Bonchev–Trinajstić information content (AvgIpc) is 2.42. The van der Waals surface area contributed by atoms with Crippen LogP contribution in [0.3, 0.4) is 0 Å².